The number of hydrogen-bond acceptors (Lipinski definition) is 6. The maximum absolute atomic E-state index is 2.92. The average Bonchev–Trinajstić information content (AvgIpc) is 1.57. The van der Waals surface area contributed by atoms with Crippen molar-refractivity contribution in [2.75, 3.05) is 19.4 Å². The molecule has 1 unspecified atom stereocenters. The average molecular weight is 1790 g/mol. The quantitative estimate of drug-likeness (QED) is 0.147. The second-order valence-electron chi connectivity index (χ2n) is 43.7. The molecule has 0 bridgehead atoms. The second kappa shape index (κ2) is 27.3. The summed E-state index contributed by atoms with van der Waals surface area (Å²) in [6, 6.07) is 146. The van der Waals surface area contributed by atoms with Crippen molar-refractivity contribution in [3.8, 4) is 55.6 Å². The number of fused-ring (bicyclic) bond motifs is 32. The molecule has 1 atom stereocenters. The molecule has 20 aromatic rings. The first-order valence-electron chi connectivity index (χ1n) is 49.6. The number of para-hydroxylation sites is 4. The standard InChI is InChI=1S/C129H98B2N4S2/c1-123(2)65-66-124(3,4)101-73-108-90(71-100(101)123)115-116-89(84-44-19-23-48-91(84)126(116,7)8)72-109-118(115)130(102-55-34-54-98-120(102)132(109)105-58-29-27-52-96(105)129(98)92-49-24-20-42-82(92)83-43-21-25-50-93(83)129)134(108)81-62-64-94-99(70-81)125(5,6)67-68-127(94,9)75-78-37-31-47-88-113-112(137-121(78)88)74-110-117-114(113)87-63-61-77(76-35-13-10-14-36-76)69-107(87)135(106-59-32-46-86-85-45-22-30-60-111(85)136-122(86)106)131(117)103-56-33-53-97-119(103)133(110)104-57-28-26-51-95(104)128(97,79-38-15-11-16-39-79)80-40-17-12-18-41-80/h10-64,69-74H,65-68,75H2,1-9H3. The summed E-state index contributed by atoms with van der Waals surface area (Å²) in [5.74, 6) is 0. The molecule has 0 saturated heterocycles. The van der Waals surface area contributed by atoms with E-state index in [0.29, 0.717) is 0 Å². The van der Waals surface area contributed by atoms with Crippen molar-refractivity contribution in [1.29, 1.82) is 0 Å². The molecule has 0 amide bonds. The molecule has 0 radical (unpaired) electrons. The van der Waals surface area contributed by atoms with Crippen LogP contribution < -0.4 is 41.3 Å². The molecule has 0 N–H and O–H groups in total. The lowest BCUT2D eigenvalue weighted by atomic mass is 9.41. The first-order valence-corrected chi connectivity index (χ1v) is 51.2. The Labute approximate surface area is 810 Å². The van der Waals surface area contributed by atoms with E-state index in [9.17, 15) is 0 Å². The van der Waals surface area contributed by atoms with Gasteiger partial charge in [-0.2, -0.15) is 0 Å². The molecular formula is C129H98B2N4S2. The van der Waals surface area contributed by atoms with Gasteiger partial charge in [0.15, 0.2) is 0 Å². The van der Waals surface area contributed by atoms with Gasteiger partial charge < -0.3 is 19.4 Å². The summed E-state index contributed by atoms with van der Waals surface area (Å²) in [6.45, 7) is 22.5. The molecular weight excluding hydrogens is 1690 g/mol. The summed E-state index contributed by atoms with van der Waals surface area (Å²) in [6.07, 6.45) is 5.21. The number of thiophene rings is 2. The Bertz CT molecular complexity index is 8710. The van der Waals surface area contributed by atoms with Gasteiger partial charge in [0.05, 0.1) is 26.9 Å². The van der Waals surface area contributed by atoms with E-state index >= 15 is 0 Å². The van der Waals surface area contributed by atoms with Gasteiger partial charge in [-0.1, -0.05) is 366 Å². The van der Waals surface area contributed by atoms with Crippen LogP contribution in [-0.2, 0) is 44.3 Å². The van der Waals surface area contributed by atoms with Gasteiger partial charge in [0.1, 0.15) is 0 Å². The number of hydrogen-bond donors (Lipinski definition) is 0. The van der Waals surface area contributed by atoms with Gasteiger partial charge in [0.2, 0.25) is 0 Å². The zero-order valence-corrected chi connectivity index (χ0v) is 80.1. The van der Waals surface area contributed by atoms with Crippen LogP contribution in [0, 0.1) is 0 Å². The lowest BCUT2D eigenvalue weighted by Crippen LogP contribution is -2.63. The normalized spacial score (nSPS) is 18.0. The zero-order chi connectivity index (χ0) is 91.2. The fraction of sp³-hybridized carbons (Fsp3) is 0.163. The van der Waals surface area contributed by atoms with Gasteiger partial charge in [-0.25, -0.2) is 0 Å². The van der Waals surface area contributed by atoms with Crippen molar-refractivity contribution in [3.63, 3.8) is 0 Å². The summed E-state index contributed by atoms with van der Waals surface area (Å²) in [5.41, 5.74) is 49.5. The Morgan fingerprint density at radius 2 is 0.781 bits per heavy atom. The largest absolute Gasteiger partial charge is 0.376 e. The minimum atomic E-state index is -0.683. The molecule has 0 fully saturated rings. The highest BCUT2D eigenvalue weighted by atomic mass is 32.1. The van der Waals surface area contributed by atoms with Gasteiger partial charge in [-0.05, 0) is 270 Å². The van der Waals surface area contributed by atoms with E-state index in [0.717, 1.165) is 32.1 Å². The highest BCUT2D eigenvalue weighted by Crippen LogP contribution is 2.69. The smallest absolute Gasteiger partial charge is 0.333 e. The maximum atomic E-state index is 2.92. The maximum Gasteiger partial charge on any atom is 0.333 e. The number of rotatable bonds is 7. The number of nitrogens with zero attached hydrogens (tertiary/aromatic N) is 4. The highest BCUT2D eigenvalue weighted by molar-refractivity contribution is 7.27. The lowest BCUT2D eigenvalue weighted by molar-refractivity contribution is 0.311. The summed E-state index contributed by atoms with van der Waals surface area (Å²) < 4.78 is 5.28. The van der Waals surface area contributed by atoms with Crippen LogP contribution in [0.3, 0.4) is 0 Å². The van der Waals surface area contributed by atoms with Crippen LogP contribution in [0.15, 0.2) is 370 Å². The molecule has 18 aromatic carbocycles. The van der Waals surface area contributed by atoms with Crippen LogP contribution in [0.5, 0.6) is 0 Å². The van der Waals surface area contributed by atoms with Crippen LogP contribution in [-0.4, -0.2) is 13.7 Å². The predicted octanol–water partition coefficient (Wildman–Crippen LogP) is 31.1. The Balaban J connectivity index is 0.642. The Hall–Kier alpha value is -14.3. The molecule has 10 aliphatic rings. The van der Waals surface area contributed by atoms with E-state index in [1.165, 1.54) is 258 Å². The minimum absolute atomic E-state index is 0.0536. The van der Waals surface area contributed by atoms with Crippen molar-refractivity contribution in [3.05, 3.63) is 454 Å². The van der Waals surface area contributed by atoms with Crippen molar-refractivity contribution in [2.45, 2.75) is 132 Å². The summed E-state index contributed by atoms with van der Waals surface area (Å²) in [5, 5.41) is 5.26. The zero-order valence-electron chi connectivity index (χ0n) is 78.5. The Kier molecular flexibility index (Phi) is 15.8. The third-order valence-corrected chi connectivity index (χ3v) is 37.5. The van der Waals surface area contributed by atoms with Gasteiger partial charge in [0, 0.05) is 97.7 Å². The van der Waals surface area contributed by atoms with Crippen molar-refractivity contribution < 1.29 is 0 Å². The van der Waals surface area contributed by atoms with E-state index in [-0.39, 0.29) is 40.8 Å². The lowest BCUT2D eigenvalue weighted by Gasteiger charge is -2.53. The fourth-order valence-corrected chi connectivity index (χ4v) is 31.3. The molecule has 2 aromatic heterocycles. The molecule has 4 nitrogen and oxygen atoms in total. The van der Waals surface area contributed by atoms with Crippen LogP contribution in [0.25, 0.3) is 96.0 Å². The number of benzene rings is 18. The molecule has 1 spiro atoms. The van der Waals surface area contributed by atoms with Crippen molar-refractivity contribution >= 4 is 155 Å². The molecule has 137 heavy (non-hydrogen) atoms. The SMILES string of the molecule is CC1(C)CCC(C)(C)c2cc3c(cc21)-c1c2c(cc4c1C(C)(C)c1ccccc1-4)N1c4ccccc4C4(c5ccccc5-c5ccccc54)c4cccc(c41)B2N3c1ccc2c(c1)C(C)(C)CCC2(C)Cc1cccc2c1sc1cc3c4c(c12)-c1ccc(-c2ccccc2)cc1N(c1cccc2c1sc1ccccc12)B4c1cccc2c1N3c1ccccc1C2(c1ccccc1)c1ccccc1. The molecule has 0 saturated carbocycles. The minimum Gasteiger partial charge on any atom is -0.376 e. The second-order valence-corrected chi connectivity index (χ2v) is 45.8. The first-order chi connectivity index (χ1) is 66.8. The van der Waals surface area contributed by atoms with Gasteiger partial charge >= 0.3 is 13.7 Å². The molecule has 8 heteroatoms. The topological polar surface area (TPSA) is 13.0 Å². The van der Waals surface area contributed by atoms with E-state index in [1.807, 2.05) is 22.7 Å². The monoisotopic (exact) mass is 1790 g/mol. The molecule has 652 valence electrons. The van der Waals surface area contributed by atoms with E-state index in [4.69, 9.17) is 0 Å². The van der Waals surface area contributed by atoms with Crippen LogP contribution in [0.2, 0.25) is 0 Å². The van der Waals surface area contributed by atoms with Crippen molar-refractivity contribution in [2.24, 2.45) is 0 Å². The molecule has 6 aliphatic heterocycles. The summed E-state index contributed by atoms with van der Waals surface area (Å²) in [7, 11) is 0. The van der Waals surface area contributed by atoms with Gasteiger partial charge in [0.25, 0.3) is 0 Å². The van der Waals surface area contributed by atoms with E-state index in [2.05, 4.69) is 452 Å². The third-order valence-electron chi connectivity index (χ3n) is 35.1. The fourth-order valence-electron chi connectivity index (χ4n) is 28.8. The molecule has 4 aliphatic carbocycles. The van der Waals surface area contributed by atoms with Gasteiger partial charge in [-0.3, -0.25) is 0 Å². The Morgan fingerprint density at radius 1 is 0.285 bits per heavy atom. The van der Waals surface area contributed by atoms with Crippen LogP contribution >= 0.6 is 22.7 Å². The van der Waals surface area contributed by atoms with Crippen LogP contribution in [0.4, 0.5) is 56.9 Å². The predicted molar refractivity (Wildman–Crippen MR) is 580 cm³/mol. The third kappa shape index (κ3) is 10.0. The van der Waals surface area contributed by atoms with Crippen LogP contribution in [0.1, 0.15) is 171 Å². The number of anilines is 10. The molecule has 8 heterocycles. The van der Waals surface area contributed by atoms with Gasteiger partial charge in [-0.15, -0.1) is 22.7 Å². The molecule has 30 rings (SSSR count). The first kappa shape index (κ1) is 79.0. The van der Waals surface area contributed by atoms with E-state index in [1.54, 1.807) is 0 Å². The van der Waals surface area contributed by atoms with Crippen molar-refractivity contribution in [1.82, 2.24) is 0 Å². The summed E-state index contributed by atoms with van der Waals surface area (Å²) >= 11 is 3.96. The summed E-state index contributed by atoms with van der Waals surface area (Å²) in [4.78, 5) is 11.2. The Morgan fingerprint density at radius 3 is 1.46 bits per heavy atom. The highest BCUT2D eigenvalue weighted by Gasteiger charge is 2.60. The van der Waals surface area contributed by atoms with E-state index < -0.39 is 10.8 Å².